The molecule has 1 saturated heterocycles. The van der Waals surface area contributed by atoms with Crippen molar-refractivity contribution in [1.82, 2.24) is 0 Å². The van der Waals surface area contributed by atoms with Crippen LogP contribution in [0.25, 0.3) is 0 Å². The quantitative estimate of drug-likeness (QED) is 0.304. The molecule has 1 fully saturated rings. The Morgan fingerprint density at radius 3 is 2.52 bits per heavy atom. The lowest BCUT2D eigenvalue weighted by molar-refractivity contribution is -0.152. The van der Waals surface area contributed by atoms with Gasteiger partial charge >= 0.3 is 11.9 Å². The van der Waals surface area contributed by atoms with E-state index in [0.717, 1.165) is 37.0 Å². The molecule has 0 saturated carbocycles. The Morgan fingerprint density at radius 1 is 1.09 bits per heavy atom. The summed E-state index contributed by atoms with van der Waals surface area (Å²) in [4.78, 5) is 24.5. The minimum atomic E-state index is -0.378. The van der Waals surface area contributed by atoms with Crippen molar-refractivity contribution < 1.29 is 23.8 Å². The van der Waals surface area contributed by atoms with Crippen molar-refractivity contribution in [2.75, 3.05) is 6.61 Å². The zero-order valence-electron chi connectivity index (χ0n) is 20.9. The van der Waals surface area contributed by atoms with Gasteiger partial charge in [0.05, 0.1) is 0 Å². The lowest BCUT2D eigenvalue weighted by Gasteiger charge is -2.19. The second kappa shape index (κ2) is 11.7. The van der Waals surface area contributed by atoms with Gasteiger partial charge in [0, 0.05) is 24.8 Å². The molecule has 0 N–H and O–H groups in total. The number of hydrogen-bond donors (Lipinski definition) is 0. The van der Waals surface area contributed by atoms with Crippen LogP contribution in [-0.4, -0.2) is 30.8 Å². The summed E-state index contributed by atoms with van der Waals surface area (Å²) < 4.78 is 16.8. The zero-order valence-corrected chi connectivity index (χ0v) is 20.9. The molecule has 182 valence electrons. The first-order valence-electron chi connectivity index (χ1n) is 12.5. The van der Waals surface area contributed by atoms with Gasteiger partial charge in [-0.25, -0.2) is 4.79 Å². The molecule has 5 heteroatoms. The minimum absolute atomic E-state index is 0.0119. The second-order valence-corrected chi connectivity index (χ2v) is 10.6. The zero-order chi connectivity index (χ0) is 24.0. The van der Waals surface area contributed by atoms with Crippen LogP contribution in [0.15, 0.2) is 29.8 Å². The van der Waals surface area contributed by atoms with Crippen LogP contribution in [0.3, 0.4) is 0 Å². The molecule has 5 nitrogen and oxygen atoms in total. The Balaban J connectivity index is 1.39. The summed E-state index contributed by atoms with van der Waals surface area (Å²) in [5.41, 5.74) is 3.14. The summed E-state index contributed by atoms with van der Waals surface area (Å²) >= 11 is 0. The normalized spacial score (nSPS) is 21.1. The van der Waals surface area contributed by atoms with Gasteiger partial charge in [-0.1, -0.05) is 51.5 Å². The van der Waals surface area contributed by atoms with Crippen LogP contribution >= 0.6 is 0 Å². The maximum absolute atomic E-state index is 12.3. The van der Waals surface area contributed by atoms with Crippen LogP contribution in [0.4, 0.5) is 0 Å². The van der Waals surface area contributed by atoms with E-state index in [0.29, 0.717) is 37.0 Å². The molecule has 3 rings (SSSR count). The first-order valence-corrected chi connectivity index (χ1v) is 12.5. The van der Waals surface area contributed by atoms with E-state index in [4.69, 9.17) is 14.2 Å². The molecular formula is C28H40O5. The summed E-state index contributed by atoms with van der Waals surface area (Å²) in [6.07, 6.45) is 7.17. The molecule has 2 atom stereocenters. The highest BCUT2D eigenvalue weighted by molar-refractivity contribution is 5.90. The van der Waals surface area contributed by atoms with E-state index in [2.05, 4.69) is 46.8 Å². The number of cyclic esters (lactones) is 1. The molecule has 2 aliphatic rings. The molecule has 0 amide bonds. The van der Waals surface area contributed by atoms with Crippen LogP contribution in [-0.2, 0) is 25.5 Å². The molecule has 0 spiro atoms. The van der Waals surface area contributed by atoms with Gasteiger partial charge in [-0.3, -0.25) is 4.79 Å². The lowest BCUT2D eigenvalue weighted by Crippen LogP contribution is -2.20. The van der Waals surface area contributed by atoms with Crippen LogP contribution < -0.4 is 4.74 Å². The topological polar surface area (TPSA) is 61.8 Å². The van der Waals surface area contributed by atoms with E-state index >= 15 is 0 Å². The van der Waals surface area contributed by atoms with Crippen molar-refractivity contribution in [2.45, 2.75) is 91.8 Å². The Kier molecular flexibility index (Phi) is 8.99. The number of fused-ring (bicyclic) bond motifs is 1. The average Bonchev–Trinajstić information content (AvgIpc) is 3.30. The fourth-order valence-electron chi connectivity index (χ4n) is 4.94. The van der Waals surface area contributed by atoms with Crippen molar-refractivity contribution in [3.8, 4) is 5.75 Å². The molecule has 33 heavy (non-hydrogen) atoms. The number of esters is 2. The van der Waals surface area contributed by atoms with E-state index < -0.39 is 0 Å². The van der Waals surface area contributed by atoms with Gasteiger partial charge in [0.1, 0.15) is 24.6 Å². The lowest BCUT2D eigenvalue weighted by atomic mass is 9.86. The SMILES string of the molecule is Cc1ccc2c(c1)CC(CCC(=O)OCC1C/C(=C\CC(CC(C)C)CC(C)C)C(=O)O1)O2. The van der Waals surface area contributed by atoms with E-state index in [9.17, 15) is 9.59 Å². The Bertz CT molecular complexity index is 844. The van der Waals surface area contributed by atoms with Crippen LogP contribution in [0, 0.1) is 24.7 Å². The molecule has 0 radical (unpaired) electrons. The molecule has 0 aromatic heterocycles. The summed E-state index contributed by atoms with van der Waals surface area (Å²) in [5.74, 6) is 2.24. The third kappa shape index (κ3) is 7.90. The van der Waals surface area contributed by atoms with E-state index in [-0.39, 0.29) is 30.8 Å². The van der Waals surface area contributed by atoms with Crippen LogP contribution in [0.2, 0.25) is 0 Å². The second-order valence-electron chi connectivity index (χ2n) is 10.6. The summed E-state index contributed by atoms with van der Waals surface area (Å²) in [5, 5.41) is 0. The molecule has 2 aliphatic heterocycles. The maximum atomic E-state index is 12.3. The number of carbonyl (C=O) groups is 2. The standard InChI is InChI=1S/C28H40O5/c1-18(2)12-21(13-19(3)4)7-8-22-15-25(33-28(22)30)17-31-27(29)11-9-24-16-23-14-20(5)6-10-26(23)32-24/h6,8,10,14,18-19,21,24-25H,7,9,11-13,15-17H2,1-5H3/b22-8+. The molecule has 0 aliphatic carbocycles. The van der Waals surface area contributed by atoms with Gasteiger partial charge in [-0.05, 0) is 62.0 Å². The summed E-state index contributed by atoms with van der Waals surface area (Å²) in [7, 11) is 0. The first kappa shape index (κ1) is 25.3. The summed E-state index contributed by atoms with van der Waals surface area (Å²) in [6.45, 7) is 11.2. The number of allylic oxidation sites excluding steroid dienone is 1. The van der Waals surface area contributed by atoms with Crippen molar-refractivity contribution >= 4 is 11.9 Å². The monoisotopic (exact) mass is 456 g/mol. The fourth-order valence-corrected chi connectivity index (χ4v) is 4.94. The van der Waals surface area contributed by atoms with Crippen molar-refractivity contribution in [2.24, 2.45) is 17.8 Å². The number of benzene rings is 1. The van der Waals surface area contributed by atoms with Gasteiger partial charge in [0.25, 0.3) is 0 Å². The molecule has 2 heterocycles. The average molecular weight is 457 g/mol. The number of rotatable bonds is 11. The first-order chi connectivity index (χ1) is 15.7. The van der Waals surface area contributed by atoms with Crippen molar-refractivity contribution in [1.29, 1.82) is 0 Å². The highest BCUT2D eigenvalue weighted by atomic mass is 16.6. The van der Waals surface area contributed by atoms with Gasteiger partial charge in [0.2, 0.25) is 0 Å². The molecule has 1 aromatic carbocycles. The van der Waals surface area contributed by atoms with Crippen molar-refractivity contribution in [3.05, 3.63) is 41.0 Å². The maximum Gasteiger partial charge on any atom is 0.334 e. The third-order valence-electron chi connectivity index (χ3n) is 6.35. The van der Waals surface area contributed by atoms with Crippen LogP contribution in [0.1, 0.15) is 77.3 Å². The predicted octanol–water partition coefficient (Wildman–Crippen LogP) is 5.96. The predicted molar refractivity (Wildman–Crippen MR) is 129 cm³/mol. The largest absolute Gasteiger partial charge is 0.490 e. The van der Waals surface area contributed by atoms with E-state index in [1.807, 2.05) is 12.1 Å². The highest BCUT2D eigenvalue weighted by Gasteiger charge is 2.30. The molecular weight excluding hydrogens is 416 g/mol. The Hall–Kier alpha value is -2.30. The Morgan fingerprint density at radius 2 is 1.82 bits per heavy atom. The van der Waals surface area contributed by atoms with E-state index in [1.165, 1.54) is 11.1 Å². The van der Waals surface area contributed by atoms with Gasteiger partial charge in [-0.15, -0.1) is 0 Å². The number of carbonyl (C=O) groups excluding carboxylic acids is 2. The number of ether oxygens (including phenoxy) is 3. The smallest absolute Gasteiger partial charge is 0.334 e. The van der Waals surface area contributed by atoms with E-state index in [1.54, 1.807) is 0 Å². The Labute approximate surface area is 198 Å². The number of hydrogen-bond acceptors (Lipinski definition) is 5. The van der Waals surface area contributed by atoms with Gasteiger partial charge in [-0.2, -0.15) is 0 Å². The fraction of sp³-hybridized carbons (Fsp3) is 0.643. The van der Waals surface area contributed by atoms with Gasteiger partial charge in [0.15, 0.2) is 0 Å². The molecule has 1 aromatic rings. The number of aryl methyl sites for hydroxylation is 1. The van der Waals surface area contributed by atoms with Gasteiger partial charge < -0.3 is 14.2 Å². The molecule has 0 bridgehead atoms. The summed E-state index contributed by atoms with van der Waals surface area (Å²) in [6, 6.07) is 6.17. The minimum Gasteiger partial charge on any atom is -0.490 e. The highest BCUT2D eigenvalue weighted by Crippen LogP contribution is 2.31. The van der Waals surface area contributed by atoms with Crippen LogP contribution in [0.5, 0.6) is 5.75 Å². The van der Waals surface area contributed by atoms with Crippen molar-refractivity contribution in [3.63, 3.8) is 0 Å². The third-order valence-corrected chi connectivity index (χ3v) is 6.35. The molecule has 2 unspecified atom stereocenters.